The molecular formula is C10H17Cl3N4. The molecule has 1 saturated heterocycles. The first-order chi connectivity index (χ1) is 7.15. The van der Waals surface area contributed by atoms with Crippen molar-refractivity contribution < 1.29 is 0 Å². The zero-order chi connectivity index (χ0) is 10.8. The molecule has 0 aliphatic carbocycles. The summed E-state index contributed by atoms with van der Waals surface area (Å²) in [4.78, 5) is 8.27. The van der Waals surface area contributed by atoms with E-state index in [0.29, 0.717) is 5.28 Å². The Balaban J connectivity index is 0.00000128. The zero-order valence-corrected chi connectivity index (χ0v) is 11.9. The van der Waals surface area contributed by atoms with Crippen molar-refractivity contribution in [3.8, 4) is 0 Å². The van der Waals surface area contributed by atoms with Gasteiger partial charge in [0.1, 0.15) is 0 Å². The summed E-state index contributed by atoms with van der Waals surface area (Å²) in [6, 6.07) is 2.43. The topological polar surface area (TPSA) is 63.8 Å². The number of hydrogen-bond donors (Lipinski definition) is 2. The van der Waals surface area contributed by atoms with Crippen molar-refractivity contribution in [2.24, 2.45) is 5.73 Å². The van der Waals surface area contributed by atoms with Crippen LogP contribution in [-0.2, 0) is 0 Å². The summed E-state index contributed by atoms with van der Waals surface area (Å²) in [7, 11) is 0. The summed E-state index contributed by atoms with van der Waals surface area (Å²) in [5.41, 5.74) is 7.76. The summed E-state index contributed by atoms with van der Waals surface area (Å²) >= 11 is 5.82. The number of piperidine rings is 1. The minimum absolute atomic E-state index is 0. The lowest BCUT2D eigenvalue weighted by Crippen LogP contribution is -2.39. The van der Waals surface area contributed by atoms with Gasteiger partial charge < -0.3 is 11.1 Å². The molecule has 0 radical (unpaired) electrons. The Kier molecular flexibility index (Phi) is 7.28. The predicted octanol–water partition coefficient (Wildman–Crippen LogP) is 2.03. The van der Waals surface area contributed by atoms with Crippen LogP contribution in [0.4, 0.5) is 0 Å². The molecule has 2 rings (SSSR count). The number of aromatic nitrogens is 2. The molecule has 0 aromatic carbocycles. The zero-order valence-electron chi connectivity index (χ0n) is 9.52. The molecule has 4 nitrogen and oxygen atoms in total. The highest BCUT2D eigenvalue weighted by atomic mass is 35.5. The molecule has 0 amide bonds. The Morgan fingerprint density at radius 3 is 2.71 bits per heavy atom. The summed E-state index contributed by atoms with van der Waals surface area (Å²) in [6.07, 6.45) is 1.93. The number of hydrogen-bond acceptors (Lipinski definition) is 4. The molecule has 0 spiro atoms. The molecule has 1 aromatic heterocycles. The van der Waals surface area contributed by atoms with Gasteiger partial charge in [-0.15, -0.1) is 24.8 Å². The van der Waals surface area contributed by atoms with Gasteiger partial charge in [0.25, 0.3) is 0 Å². The molecule has 7 heteroatoms. The van der Waals surface area contributed by atoms with Gasteiger partial charge in [0, 0.05) is 11.7 Å². The van der Waals surface area contributed by atoms with Gasteiger partial charge in [-0.05, 0) is 44.0 Å². The van der Waals surface area contributed by atoms with E-state index in [1.165, 1.54) is 0 Å². The van der Waals surface area contributed by atoms with Gasteiger partial charge in [-0.1, -0.05) is 0 Å². The molecular weight excluding hydrogens is 282 g/mol. The maximum Gasteiger partial charge on any atom is 0.222 e. The lowest BCUT2D eigenvalue weighted by Gasteiger charge is -2.27. The van der Waals surface area contributed by atoms with Crippen molar-refractivity contribution in [2.75, 3.05) is 6.54 Å². The van der Waals surface area contributed by atoms with Crippen LogP contribution in [0.15, 0.2) is 6.07 Å². The third kappa shape index (κ3) is 4.56. The molecule has 17 heavy (non-hydrogen) atoms. The highest BCUT2D eigenvalue weighted by molar-refractivity contribution is 6.28. The number of halogens is 3. The fraction of sp³-hybridized carbons (Fsp3) is 0.600. The molecule has 1 aliphatic heterocycles. The second kappa shape index (κ2) is 7.34. The second-order valence-electron chi connectivity index (χ2n) is 3.99. The van der Waals surface area contributed by atoms with Gasteiger partial charge in [0.2, 0.25) is 5.28 Å². The predicted molar refractivity (Wildman–Crippen MR) is 74.2 cm³/mol. The van der Waals surface area contributed by atoms with Crippen molar-refractivity contribution in [3.63, 3.8) is 0 Å². The van der Waals surface area contributed by atoms with Crippen LogP contribution in [0.2, 0.25) is 5.28 Å². The first-order valence-electron chi connectivity index (χ1n) is 5.15. The Morgan fingerprint density at radius 2 is 2.12 bits per heavy atom. The van der Waals surface area contributed by atoms with Gasteiger partial charge in [-0.25, -0.2) is 9.97 Å². The molecule has 3 N–H and O–H groups in total. The summed E-state index contributed by atoms with van der Waals surface area (Å²) in [6.45, 7) is 2.85. The molecule has 1 fully saturated rings. The second-order valence-corrected chi connectivity index (χ2v) is 4.33. The normalized spacial score (nSPS) is 23.5. The van der Waals surface area contributed by atoms with Crippen LogP contribution in [0.3, 0.4) is 0 Å². The van der Waals surface area contributed by atoms with E-state index in [1.54, 1.807) is 0 Å². The van der Waals surface area contributed by atoms with E-state index < -0.39 is 0 Å². The summed E-state index contributed by atoms with van der Waals surface area (Å²) in [5.74, 6) is 0. The third-order valence-corrected chi connectivity index (χ3v) is 2.82. The average Bonchev–Trinajstić information content (AvgIpc) is 2.16. The molecule has 98 valence electrons. The van der Waals surface area contributed by atoms with Crippen LogP contribution in [0.1, 0.15) is 30.3 Å². The van der Waals surface area contributed by atoms with E-state index >= 15 is 0 Å². The Morgan fingerprint density at radius 1 is 1.41 bits per heavy atom. The van der Waals surface area contributed by atoms with E-state index in [1.807, 2.05) is 13.0 Å². The first-order valence-corrected chi connectivity index (χ1v) is 5.53. The Hall–Kier alpha value is -0.130. The van der Waals surface area contributed by atoms with Gasteiger partial charge in [-0.3, -0.25) is 0 Å². The van der Waals surface area contributed by atoms with Gasteiger partial charge in [0.05, 0.1) is 11.7 Å². The lowest BCUT2D eigenvalue weighted by atomic mass is 9.97. The molecule has 0 saturated carbocycles. The van der Waals surface area contributed by atoms with E-state index in [4.69, 9.17) is 17.3 Å². The standard InChI is InChI=1S/C10H15ClN4.2ClH/c1-6-4-9(15-10(11)14-6)8-5-7(12)2-3-13-8;;/h4,7-8,13H,2-3,5,12H2,1H3;2*1H. The molecule has 1 aliphatic rings. The van der Waals surface area contributed by atoms with Crippen LogP contribution in [-0.4, -0.2) is 22.6 Å². The monoisotopic (exact) mass is 298 g/mol. The van der Waals surface area contributed by atoms with Crippen LogP contribution in [0, 0.1) is 6.92 Å². The van der Waals surface area contributed by atoms with Gasteiger partial charge >= 0.3 is 0 Å². The van der Waals surface area contributed by atoms with Crippen molar-refractivity contribution in [1.82, 2.24) is 15.3 Å². The van der Waals surface area contributed by atoms with Crippen LogP contribution in [0.5, 0.6) is 0 Å². The quantitative estimate of drug-likeness (QED) is 0.779. The minimum Gasteiger partial charge on any atom is -0.328 e. The minimum atomic E-state index is 0. The lowest BCUT2D eigenvalue weighted by molar-refractivity contribution is 0.363. The molecule has 1 aromatic rings. The Labute approximate surface area is 119 Å². The molecule has 2 atom stereocenters. The maximum absolute atomic E-state index is 5.92. The average molecular weight is 300 g/mol. The van der Waals surface area contributed by atoms with Crippen LogP contribution < -0.4 is 11.1 Å². The van der Waals surface area contributed by atoms with Crippen LogP contribution >= 0.6 is 36.4 Å². The van der Waals surface area contributed by atoms with E-state index in [0.717, 1.165) is 30.8 Å². The maximum atomic E-state index is 5.92. The fourth-order valence-corrected chi connectivity index (χ4v) is 2.14. The van der Waals surface area contributed by atoms with E-state index in [2.05, 4.69) is 15.3 Å². The SMILES string of the molecule is Cc1cc(C2CC(N)CCN2)nc(Cl)n1.Cl.Cl. The first kappa shape index (κ1) is 16.9. The Bertz CT molecular complexity index is 341. The van der Waals surface area contributed by atoms with Crippen molar-refractivity contribution in [1.29, 1.82) is 0 Å². The highest BCUT2D eigenvalue weighted by Gasteiger charge is 2.21. The molecule has 0 bridgehead atoms. The summed E-state index contributed by atoms with van der Waals surface area (Å²) in [5, 5.41) is 3.70. The number of nitrogens with zero attached hydrogens (tertiary/aromatic N) is 2. The van der Waals surface area contributed by atoms with Gasteiger partial charge in [-0.2, -0.15) is 0 Å². The number of aryl methyl sites for hydroxylation is 1. The van der Waals surface area contributed by atoms with Gasteiger partial charge in [0.15, 0.2) is 0 Å². The van der Waals surface area contributed by atoms with E-state index in [-0.39, 0.29) is 36.9 Å². The smallest absolute Gasteiger partial charge is 0.222 e. The molecule has 2 heterocycles. The summed E-state index contributed by atoms with van der Waals surface area (Å²) < 4.78 is 0. The third-order valence-electron chi connectivity index (χ3n) is 2.65. The van der Waals surface area contributed by atoms with Crippen molar-refractivity contribution >= 4 is 36.4 Å². The number of nitrogens with one attached hydrogen (secondary N) is 1. The number of nitrogens with two attached hydrogens (primary N) is 1. The van der Waals surface area contributed by atoms with Crippen molar-refractivity contribution in [2.45, 2.75) is 31.8 Å². The van der Waals surface area contributed by atoms with E-state index in [9.17, 15) is 0 Å². The van der Waals surface area contributed by atoms with Crippen molar-refractivity contribution in [3.05, 3.63) is 22.7 Å². The number of rotatable bonds is 1. The van der Waals surface area contributed by atoms with Crippen LogP contribution in [0.25, 0.3) is 0 Å². The largest absolute Gasteiger partial charge is 0.328 e. The molecule has 2 unspecified atom stereocenters. The highest BCUT2D eigenvalue weighted by Crippen LogP contribution is 2.22. The fourth-order valence-electron chi connectivity index (χ4n) is 1.91.